The fraction of sp³-hybridized carbons (Fsp3) is 0.240. The third kappa shape index (κ3) is 5.83. The van der Waals surface area contributed by atoms with Crippen LogP contribution >= 0.6 is 0 Å². The van der Waals surface area contributed by atoms with Crippen molar-refractivity contribution in [3.05, 3.63) is 83.9 Å². The lowest BCUT2D eigenvalue weighted by atomic mass is 10.1. The zero-order chi connectivity index (χ0) is 21.5. The van der Waals surface area contributed by atoms with Crippen molar-refractivity contribution in [1.29, 1.82) is 0 Å². The summed E-state index contributed by atoms with van der Waals surface area (Å²) in [5.74, 6) is -0.456. The van der Waals surface area contributed by atoms with E-state index in [4.69, 9.17) is 4.74 Å². The number of benzene rings is 2. The quantitative estimate of drug-likeness (QED) is 0.618. The van der Waals surface area contributed by atoms with E-state index < -0.39 is 0 Å². The van der Waals surface area contributed by atoms with Gasteiger partial charge in [0.15, 0.2) is 6.54 Å². The number of pyridine rings is 1. The zero-order valence-electron chi connectivity index (χ0n) is 17.3. The molecule has 0 bridgehead atoms. The summed E-state index contributed by atoms with van der Waals surface area (Å²) in [6.07, 6.45) is 5.07. The minimum absolute atomic E-state index is 0.147. The normalized spacial score (nSPS) is 13.9. The molecule has 5 nitrogen and oxygen atoms in total. The Morgan fingerprint density at radius 2 is 1.90 bits per heavy atom. The van der Waals surface area contributed by atoms with Gasteiger partial charge in [-0.2, -0.15) is 0 Å². The lowest BCUT2D eigenvalue weighted by Crippen LogP contribution is -2.24. The molecular formula is C25H25FN3O2+. The number of carbonyl (C=O) groups excluding carboxylic acids is 1. The minimum Gasteiger partial charge on any atom is -0.374 e. The highest BCUT2D eigenvalue weighted by Crippen LogP contribution is 2.22. The first-order chi connectivity index (χ1) is 15.2. The molecule has 31 heavy (non-hydrogen) atoms. The average Bonchev–Trinajstić information content (AvgIpc) is 3.08. The van der Waals surface area contributed by atoms with Gasteiger partial charge in [-0.1, -0.05) is 18.2 Å². The van der Waals surface area contributed by atoms with E-state index >= 15 is 0 Å². The molecule has 0 saturated heterocycles. The van der Waals surface area contributed by atoms with Gasteiger partial charge in [0.05, 0.1) is 13.0 Å². The van der Waals surface area contributed by atoms with Crippen LogP contribution in [-0.4, -0.2) is 41.4 Å². The molecule has 0 radical (unpaired) electrons. The van der Waals surface area contributed by atoms with Crippen LogP contribution < -0.4 is 5.32 Å². The van der Waals surface area contributed by atoms with E-state index in [2.05, 4.69) is 45.4 Å². The van der Waals surface area contributed by atoms with Gasteiger partial charge in [-0.15, -0.1) is 0 Å². The molecule has 1 aliphatic rings. The monoisotopic (exact) mass is 418 g/mol. The summed E-state index contributed by atoms with van der Waals surface area (Å²) in [4.78, 5) is 16.6. The number of hydrogen-bond acceptors (Lipinski definition) is 3. The molecule has 0 spiro atoms. The number of hydrogen-bond donors (Lipinski definition) is 1. The topological polar surface area (TPSA) is 54.2 Å². The van der Waals surface area contributed by atoms with Gasteiger partial charge in [0.1, 0.15) is 18.6 Å². The molecule has 1 aromatic heterocycles. The van der Waals surface area contributed by atoms with Gasteiger partial charge in [0, 0.05) is 42.6 Å². The number of ether oxygens (including phenoxy) is 1. The molecule has 0 atom stereocenters. The van der Waals surface area contributed by atoms with Gasteiger partial charge >= 0.3 is 0 Å². The predicted octanol–water partition coefficient (Wildman–Crippen LogP) is 3.88. The van der Waals surface area contributed by atoms with Crippen molar-refractivity contribution in [1.82, 2.24) is 10.3 Å². The van der Waals surface area contributed by atoms with E-state index in [1.165, 1.54) is 12.1 Å². The molecule has 0 saturated carbocycles. The van der Waals surface area contributed by atoms with Gasteiger partial charge in [-0.25, -0.2) is 8.97 Å². The molecule has 1 aliphatic heterocycles. The van der Waals surface area contributed by atoms with Gasteiger partial charge in [-0.3, -0.25) is 9.78 Å². The van der Waals surface area contributed by atoms with Crippen LogP contribution in [0.25, 0.3) is 11.1 Å². The number of halogens is 1. The van der Waals surface area contributed by atoms with E-state index in [0.717, 1.165) is 48.6 Å². The molecule has 3 aromatic rings. The molecule has 4 rings (SSSR count). The summed E-state index contributed by atoms with van der Waals surface area (Å²) in [5, 5.41) is 2.80. The number of amides is 1. The van der Waals surface area contributed by atoms with Crippen molar-refractivity contribution in [2.45, 2.75) is 19.4 Å². The lowest BCUT2D eigenvalue weighted by Gasteiger charge is -2.07. The third-order valence-electron chi connectivity index (χ3n) is 5.17. The molecule has 1 amide bonds. The first-order valence-corrected chi connectivity index (χ1v) is 10.4. The number of carbonyl (C=O) groups is 1. The molecule has 158 valence electrons. The molecule has 2 aromatic carbocycles. The Bertz CT molecular complexity index is 1060. The molecule has 2 heterocycles. The van der Waals surface area contributed by atoms with Crippen LogP contribution in [0.3, 0.4) is 0 Å². The highest BCUT2D eigenvalue weighted by molar-refractivity contribution is 5.78. The van der Waals surface area contributed by atoms with Crippen molar-refractivity contribution in [3.63, 3.8) is 0 Å². The largest absolute Gasteiger partial charge is 0.374 e. The first kappa shape index (κ1) is 20.9. The fourth-order valence-electron chi connectivity index (χ4n) is 3.50. The van der Waals surface area contributed by atoms with Crippen LogP contribution in [-0.2, 0) is 22.5 Å². The van der Waals surface area contributed by atoms with Crippen LogP contribution in [0.5, 0.6) is 0 Å². The maximum Gasteiger partial charge on any atom is 0.226 e. The summed E-state index contributed by atoms with van der Waals surface area (Å²) in [7, 11) is 0. The van der Waals surface area contributed by atoms with Crippen LogP contribution in [0, 0.1) is 5.82 Å². The highest BCUT2D eigenvalue weighted by Gasteiger charge is 2.12. The van der Waals surface area contributed by atoms with Crippen molar-refractivity contribution in [2.75, 3.05) is 19.8 Å². The molecule has 1 N–H and O–H groups in total. The number of nitrogens with zero attached hydrogens (tertiary/aromatic N) is 2. The molecule has 0 fully saturated rings. The van der Waals surface area contributed by atoms with E-state index in [1.807, 2.05) is 12.1 Å². The molecule has 0 aliphatic carbocycles. The zero-order valence-corrected chi connectivity index (χ0v) is 17.3. The Kier molecular flexibility index (Phi) is 6.79. The second-order valence-electron chi connectivity index (χ2n) is 7.45. The second kappa shape index (κ2) is 10.1. The van der Waals surface area contributed by atoms with Gasteiger partial charge < -0.3 is 10.1 Å². The minimum atomic E-state index is -0.310. The fourth-order valence-corrected chi connectivity index (χ4v) is 3.50. The van der Waals surface area contributed by atoms with E-state index in [-0.39, 0.29) is 18.1 Å². The summed E-state index contributed by atoms with van der Waals surface area (Å²) >= 11 is 0. The Morgan fingerprint density at radius 3 is 2.68 bits per heavy atom. The molecule has 6 heteroatoms. The van der Waals surface area contributed by atoms with Crippen LogP contribution in [0.2, 0.25) is 0 Å². The predicted molar refractivity (Wildman–Crippen MR) is 118 cm³/mol. The number of nitrogens with one attached hydrogen (secondary N) is 1. The van der Waals surface area contributed by atoms with Gasteiger partial charge in [0.2, 0.25) is 11.6 Å². The van der Waals surface area contributed by atoms with Crippen molar-refractivity contribution in [2.24, 2.45) is 0 Å². The Balaban J connectivity index is 1.34. The lowest BCUT2D eigenvalue weighted by molar-refractivity contribution is -0.438. The van der Waals surface area contributed by atoms with Crippen molar-refractivity contribution >= 4 is 17.8 Å². The standard InChI is InChI=1S/C25H24FN3O2/c26-22-4-1-3-19(15-22)17-28-25(30)16-23-8-5-21(18-27-23)20-6-9-24(10-7-20)29-11-2-13-31-14-12-29/h1,3-11,15,18H,2,12-14,16-17H2/p+1. The van der Waals surface area contributed by atoms with Crippen molar-refractivity contribution in [3.8, 4) is 11.1 Å². The van der Waals surface area contributed by atoms with Crippen LogP contribution in [0.15, 0.2) is 66.9 Å². The third-order valence-corrected chi connectivity index (χ3v) is 5.17. The van der Waals surface area contributed by atoms with E-state index in [0.29, 0.717) is 12.2 Å². The van der Waals surface area contributed by atoms with Crippen LogP contribution in [0.4, 0.5) is 10.1 Å². The summed E-state index contributed by atoms with van der Waals surface area (Å²) in [6.45, 7) is 2.66. The second-order valence-corrected chi connectivity index (χ2v) is 7.45. The Labute approximate surface area is 181 Å². The first-order valence-electron chi connectivity index (χ1n) is 10.4. The van der Waals surface area contributed by atoms with Gasteiger partial charge in [-0.05, 0) is 41.5 Å². The molecule has 0 unspecified atom stereocenters. The summed E-state index contributed by atoms with van der Waals surface area (Å²) < 4.78 is 20.9. The smallest absolute Gasteiger partial charge is 0.226 e. The Morgan fingerprint density at radius 1 is 1.06 bits per heavy atom. The highest BCUT2D eigenvalue weighted by atomic mass is 19.1. The van der Waals surface area contributed by atoms with E-state index in [1.54, 1.807) is 18.3 Å². The van der Waals surface area contributed by atoms with E-state index in [9.17, 15) is 9.18 Å². The number of aromatic nitrogens is 1. The molecular weight excluding hydrogens is 393 g/mol. The van der Waals surface area contributed by atoms with Gasteiger partial charge in [0.25, 0.3) is 0 Å². The number of rotatable bonds is 6. The maximum absolute atomic E-state index is 13.2. The summed E-state index contributed by atoms with van der Waals surface area (Å²) in [6, 6.07) is 18.4. The summed E-state index contributed by atoms with van der Waals surface area (Å²) in [5.41, 5.74) is 4.64. The maximum atomic E-state index is 13.2. The Hall–Kier alpha value is -3.38. The SMILES string of the molecule is O=C(Cc1ccc(-c2ccc([N+]3=CCCOCC3)cc2)cn1)NCc1cccc(F)c1. The van der Waals surface area contributed by atoms with Crippen LogP contribution in [0.1, 0.15) is 17.7 Å². The van der Waals surface area contributed by atoms with Crippen molar-refractivity contribution < 1.29 is 18.5 Å². The average molecular weight is 418 g/mol.